The second-order valence-corrected chi connectivity index (χ2v) is 8.92. The van der Waals surface area contributed by atoms with Crippen LogP contribution >= 0.6 is 23.4 Å². The van der Waals surface area contributed by atoms with E-state index in [0.717, 1.165) is 24.1 Å². The molecule has 1 heterocycles. The molecule has 0 spiro atoms. The predicted octanol–water partition coefficient (Wildman–Crippen LogP) is 4.52. The van der Waals surface area contributed by atoms with Gasteiger partial charge in [0, 0.05) is 22.8 Å². The van der Waals surface area contributed by atoms with E-state index < -0.39 is 5.25 Å². The second kappa shape index (κ2) is 9.56. The highest BCUT2D eigenvalue weighted by Crippen LogP contribution is 2.27. The van der Waals surface area contributed by atoms with E-state index in [9.17, 15) is 9.59 Å². The first-order valence-corrected chi connectivity index (χ1v) is 10.8. The molecule has 6 nitrogen and oxygen atoms in total. The van der Waals surface area contributed by atoms with Gasteiger partial charge in [0.25, 0.3) is 0 Å². The number of thioether (sulfide) groups is 1. The Labute approximate surface area is 174 Å². The lowest BCUT2D eigenvalue weighted by atomic mass is 9.86. The Balaban J connectivity index is 1.56. The van der Waals surface area contributed by atoms with E-state index in [2.05, 4.69) is 20.8 Å². The molecule has 1 aliphatic carbocycles. The van der Waals surface area contributed by atoms with Gasteiger partial charge in [0.15, 0.2) is 5.17 Å². The van der Waals surface area contributed by atoms with Gasteiger partial charge in [0.1, 0.15) is 5.25 Å². The average molecular weight is 421 g/mol. The minimum atomic E-state index is -0.511. The van der Waals surface area contributed by atoms with Gasteiger partial charge in [-0.1, -0.05) is 48.7 Å². The Morgan fingerprint density at radius 3 is 2.82 bits per heavy atom. The van der Waals surface area contributed by atoms with Crippen LogP contribution in [0, 0.1) is 12.8 Å². The van der Waals surface area contributed by atoms with E-state index in [-0.39, 0.29) is 18.2 Å². The van der Waals surface area contributed by atoms with Gasteiger partial charge in [-0.2, -0.15) is 5.10 Å². The zero-order valence-corrected chi connectivity index (χ0v) is 17.7. The SMILES string of the molecule is CC(=NN=C1NC(=O)[C@@H](CC(=O)Nc2cc(Cl)ccc2C)S1)C1CCCCC1. The van der Waals surface area contributed by atoms with Crippen LogP contribution in [0.1, 0.15) is 51.0 Å². The Kier molecular flexibility index (Phi) is 7.13. The van der Waals surface area contributed by atoms with Crippen LogP contribution in [0.15, 0.2) is 28.4 Å². The molecule has 1 aliphatic heterocycles. The third-order valence-electron chi connectivity index (χ3n) is 5.12. The third-order valence-corrected chi connectivity index (χ3v) is 6.42. The number of amidine groups is 1. The summed E-state index contributed by atoms with van der Waals surface area (Å²) in [7, 11) is 0. The number of anilines is 1. The van der Waals surface area contributed by atoms with E-state index >= 15 is 0 Å². The summed E-state index contributed by atoms with van der Waals surface area (Å²) in [6.45, 7) is 3.89. The fourth-order valence-electron chi connectivity index (χ4n) is 3.41. The van der Waals surface area contributed by atoms with Crippen molar-refractivity contribution in [2.45, 2.75) is 57.6 Å². The normalized spacial score (nSPS) is 22.4. The van der Waals surface area contributed by atoms with Crippen LogP contribution in [-0.2, 0) is 9.59 Å². The molecule has 1 saturated heterocycles. The van der Waals surface area contributed by atoms with Gasteiger partial charge in [0.2, 0.25) is 11.8 Å². The largest absolute Gasteiger partial charge is 0.326 e. The number of halogens is 1. The van der Waals surface area contributed by atoms with Crippen molar-refractivity contribution in [3.8, 4) is 0 Å². The summed E-state index contributed by atoms with van der Waals surface area (Å²) >= 11 is 7.23. The third kappa shape index (κ3) is 5.58. The molecule has 8 heteroatoms. The molecule has 2 N–H and O–H groups in total. The maximum atomic E-state index is 12.3. The van der Waals surface area contributed by atoms with E-state index in [4.69, 9.17) is 11.6 Å². The molecular weight excluding hydrogens is 396 g/mol. The Hall–Kier alpha value is -1.86. The van der Waals surface area contributed by atoms with Crippen LogP contribution in [0.25, 0.3) is 0 Å². The zero-order valence-electron chi connectivity index (χ0n) is 16.1. The summed E-state index contributed by atoms with van der Waals surface area (Å²) in [5.74, 6) is 0.0381. The van der Waals surface area contributed by atoms with Gasteiger partial charge >= 0.3 is 0 Å². The molecule has 1 atom stereocenters. The lowest BCUT2D eigenvalue weighted by molar-refractivity contribution is -0.122. The van der Waals surface area contributed by atoms with Crippen molar-refractivity contribution >= 4 is 51.7 Å². The van der Waals surface area contributed by atoms with Crippen molar-refractivity contribution in [3.63, 3.8) is 0 Å². The van der Waals surface area contributed by atoms with Crippen molar-refractivity contribution in [3.05, 3.63) is 28.8 Å². The number of nitrogens with zero attached hydrogens (tertiary/aromatic N) is 2. The van der Waals surface area contributed by atoms with Gasteiger partial charge in [0.05, 0.1) is 0 Å². The number of hydrogen-bond donors (Lipinski definition) is 2. The molecule has 0 unspecified atom stereocenters. The smallest absolute Gasteiger partial charge is 0.240 e. The number of hydrogen-bond acceptors (Lipinski definition) is 5. The highest BCUT2D eigenvalue weighted by molar-refractivity contribution is 8.15. The molecule has 2 aliphatic rings. The fraction of sp³-hybridized carbons (Fsp3) is 0.500. The van der Waals surface area contributed by atoms with Crippen molar-refractivity contribution in [2.75, 3.05) is 5.32 Å². The number of amides is 2. The highest BCUT2D eigenvalue weighted by Gasteiger charge is 2.32. The van der Waals surface area contributed by atoms with E-state index in [1.54, 1.807) is 12.1 Å². The fourth-order valence-corrected chi connectivity index (χ4v) is 4.50. The minimum Gasteiger partial charge on any atom is -0.326 e. The van der Waals surface area contributed by atoms with Crippen LogP contribution in [0.2, 0.25) is 5.02 Å². The van der Waals surface area contributed by atoms with Gasteiger partial charge < -0.3 is 10.6 Å². The molecule has 2 fully saturated rings. The zero-order chi connectivity index (χ0) is 20.1. The van der Waals surface area contributed by atoms with E-state index in [1.807, 2.05) is 19.9 Å². The van der Waals surface area contributed by atoms with Crippen LogP contribution in [0.3, 0.4) is 0 Å². The number of carbonyl (C=O) groups is 2. The van der Waals surface area contributed by atoms with Crippen LogP contribution in [0.4, 0.5) is 5.69 Å². The van der Waals surface area contributed by atoms with Gasteiger partial charge in [-0.25, -0.2) is 0 Å². The molecule has 0 aromatic heterocycles. The first kappa shape index (κ1) is 20.9. The molecular formula is C20H25ClN4O2S. The van der Waals surface area contributed by atoms with Crippen LogP contribution in [0.5, 0.6) is 0 Å². The molecule has 150 valence electrons. The number of nitrogens with one attached hydrogen (secondary N) is 2. The van der Waals surface area contributed by atoms with E-state index in [1.165, 1.54) is 31.0 Å². The topological polar surface area (TPSA) is 82.9 Å². The average Bonchev–Trinajstić information content (AvgIpc) is 3.02. The van der Waals surface area contributed by atoms with Gasteiger partial charge in [-0.3, -0.25) is 9.59 Å². The van der Waals surface area contributed by atoms with Crippen molar-refractivity contribution in [1.29, 1.82) is 0 Å². The second-order valence-electron chi connectivity index (χ2n) is 7.29. The predicted molar refractivity (Wildman–Crippen MR) is 116 cm³/mol. The summed E-state index contributed by atoms with van der Waals surface area (Å²) in [5.41, 5.74) is 2.58. The maximum absolute atomic E-state index is 12.3. The lowest BCUT2D eigenvalue weighted by Crippen LogP contribution is -2.28. The van der Waals surface area contributed by atoms with Crippen LogP contribution in [-0.4, -0.2) is 27.9 Å². The lowest BCUT2D eigenvalue weighted by Gasteiger charge is -2.20. The molecule has 1 saturated carbocycles. The summed E-state index contributed by atoms with van der Waals surface area (Å²) in [6, 6.07) is 5.31. The monoisotopic (exact) mass is 420 g/mol. The van der Waals surface area contributed by atoms with E-state index in [0.29, 0.717) is 21.8 Å². The number of carbonyl (C=O) groups excluding carboxylic acids is 2. The molecule has 2 amide bonds. The molecule has 0 bridgehead atoms. The summed E-state index contributed by atoms with van der Waals surface area (Å²) in [4.78, 5) is 24.5. The minimum absolute atomic E-state index is 0.0623. The van der Waals surface area contributed by atoms with Crippen molar-refractivity contribution < 1.29 is 9.59 Å². The summed E-state index contributed by atoms with van der Waals surface area (Å²) < 4.78 is 0. The summed E-state index contributed by atoms with van der Waals surface area (Å²) in [6.07, 6.45) is 6.15. The molecule has 0 radical (unpaired) electrons. The quantitative estimate of drug-likeness (QED) is 0.542. The Morgan fingerprint density at radius 1 is 1.32 bits per heavy atom. The maximum Gasteiger partial charge on any atom is 0.240 e. The number of rotatable bonds is 5. The summed E-state index contributed by atoms with van der Waals surface area (Å²) in [5, 5.41) is 14.6. The highest BCUT2D eigenvalue weighted by atomic mass is 35.5. The Bertz CT molecular complexity index is 818. The molecule has 3 rings (SSSR count). The Morgan fingerprint density at radius 2 is 2.07 bits per heavy atom. The molecule has 1 aromatic carbocycles. The standard InChI is InChI=1S/C20H25ClN4O2S/c1-12-8-9-15(21)10-16(12)22-18(26)11-17-19(27)23-20(28-17)25-24-13(2)14-6-4-3-5-7-14/h8-10,14,17H,3-7,11H2,1-2H3,(H,22,26)(H,23,25,27)/t17-/m1/s1. The van der Waals surface area contributed by atoms with Crippen LogP contribution < -0.4 is 10.6 Å². The number of benzene rings is 1. The first-order chi connectivity index (χ1) is 13.4. The number of aryl methyl sites for hydroxylation is 1. The van der Waals surface area contributed by atoms with Crippen molar-refractivity contribution in [2.24, 2.45) is 16.1 Å². The van der Waals surface area contributed by atoms with Crippen molar-refractivity contribution in [1.82, 2.24) is 5.32 Å². The molecule has 28 heavy (non-hydrogen) atoms. The van der Waals surface area contributed by atoms with Gasteiger partial charge in [-0.15, -0.1) is 5.10 Å². The first-order valence-electron chi connectivity index (χ1n) is 9.58. The molecule has 1 aromatic rings. The van der Waals surface area contributed by atoms with Gasteiger partial charge in [-0.05, 0) is 50.3 Å².